The Morgan fingerprint density at radius 1 is 0.744 bits per heavy atom. The van der Waals surface area contributed by atoms with Crippen LogP contribution in [0.2, 0.25) is 0 Å². The Labute approximate surface area is 227 Å². The van der Waals surface area contributed by atoms with E-state index in [9.17, 15) is 34.2 Å². The molecule has 0 radical (unpaired) electrons. The summed E-state index contributed by atoms with van der Waals surface area (Å²) < 4.78 is 0. The molecule has 0 aliphatic rings. The van der Waals surface area contributed by atoms with Crippen molar-refractivity contribution in [1.82, 2.24) is 16.0 Å². The van der Waals surface area contributed by atoms with E-state index in [0.29, 0.717) is 12.0 Å². The summed E-state index contributed by atoms with van der Waals surface area (Å²) in [6.45, 7) is 3.53. The van der Waals surface area contributed by atoms with E-state index >= 15 is 0 Å². The molecule has 0 saturated carbocycles. The number of carbonyl (C=O) groups excluding carboxylic acids is 3. The van der Waals surface area contributed by atoms with E-state index in [4.69, 9.17) is 5.73 Å². The summed E-state index contributed by atoms with van der Waals surface area (Å²) in [5.41, 5.74) is 7.55. The molecule has 0 bridgehead atoms. The van der Waals surface area contributed by atoms with Crippen molar-refractivity contribution in [1.29, 1.82) is 0 Å². The zero-order chi connectivity index (χ0) is 28.9. The third-order valence-corrected chi connectivity index (χ3v) is 6.34. The number of hydrogen-bond acceptors (Lipinski definition) is 6. The fourth-order valence-corrected chi connectivity index (χ4v) is 3.89. The lowest BCUT2D eigenvalue weighted by atomic mass is 9.96. The van der Waals surface area contributed by atoms with Crippen molar-refractivity contribution in [2.45, 2.75) is 63.7 Å². The zero-order valence-corrected chi connectivity index (χ0v) is 22.0. The lowest BCUT2D eigenvalue weighted by Crippen LogP contribution is -2.59. The third-order valence-electron chi connectivity index (χ3n) is 6.34. The van der Waals surface area contributed by atoms with Gasteiger partial charge in [-0.05, 0) is 23.5 Å². The van der Waals surface area contributed by atoms with Gasteiger partial charge >= 0.3 is 11.9 Å². The molecular formula is C28H36N4O7. The molecule has 0 aliphatic carbocycles. The molecule has 0 aromatic heterocycles. The minimum Gasteiger partial charge on any atom is -0.481 e. The van der Waals surface area contributed by atoms with Crippen molar-refractivity contribution < 1.29 is 34.2 Å². The molecule has 2 aromatic carbocycles. The first kappa shape index (κ1) is 31.0. The SMILES string of the molecule is CC[C@H](C)[C@H](NC(=O)[C@@H](N)Cc1ccccc1)C(=O)N[C@@H](CC(=O)O)C(=O)N[C@@H](Cc1ccccc1)C(=O)O. The molecule has 2 aromatic rings. The van der Waals surface area contributed by atoms with E-state index in [1.807, 2.05) is 37.3 Å². The lowest BCUT2D eigenvalue weighted by molar-refractivity contribution is -0.143. The Bertz CT molecular complexity index is 1130. The summed E-state index contributed by atoms with van der Waals surface area (Å²) in [6.07, 6.45) is -0.103. The van der Waals surface area contributed by atoms with Crippen LogP contribution in [0.15, 0.2) is 60.7 Å². The highest BCUT2D eigenvalue weighted by molar-refractivity contribution is 5.95. The second-order valence-electron chi connectivity index (χ2n) is 9.42. The van der Waals surface area contributed by atoms with Crippen molar-refractivity contribution in [2.75, 3.05) is 0 Å². The van der Waals surface area contributed by atoms with Crippen LogP contribution in [-0.2, 0) is 36.8 Å². The molecule has 0 heterocycles. The maximum Gasteiger partial charge on any atom is 0.326 e. The summed E-state index contributed by atoms with van der Waals surface area (Å²) in [4.78, 5) is 62.2. The van der Waals surface area contributed by atoms with Crippen LogP contribution in [0.4, 0.5) is 0 Å². The second-order valence-corrected chi connectivity index (χ2v) is 9.42. The Morgan fingerprint density at radius 2 is 1.26 bits per heavy atom. The van der Waals surface area contributed by atoms with Crippen LogP contribution in [0.5, 0.6) is 0 Å². The molecule has 11 nitrogen and oxygen atoms in total. The number of amides is 3. The van der Waals surface area contributed by atoms with E-state index in [1.54, 1.807) is 37.3 Å². The van der Waals surface area contributed by atoms with E-state index in [2.05, 4.69) is 16.0 Å². The fraction of sp³-hybridized carbons (Fsp3) is 0.393. The summed E-state index contributed by atoms with van der Waals surface area (Å²) in [6, 6.07) is 12.7. The number of carboxylic acid groups (broad SMARTS) is 2. The normalized spacial score (nSPS) is 14.6. The van der Waals surface area contributed by atoms with E-state index in [0.717, 1.165) is 5.56 Å². The third kappa shape index (κ3) is 10.2. The van der Waals surface area contributed by atoms with Gasteiger partial charge in [0.25, 0.3) is 0 Å². The summed E-state index contributed by atoms with van der Waals surface area (Å²) in [5.74, 6) is -5.39. The van der Waals surface area contributed by atoms with Gasteiger partial charge in [0.1, 0.15) is 18.1 Å². The molecule has 0 aliphatic heterocycles. The Balaban J connectivity index is 2.14. The van der Waals surface area contributed by atoms with Gasteiger partial charge in [-0.15, -0.1) is 0 Å². The minimum atomic E-state index is -1.57. The van der Waals surface area contributed by atoms with Crippen LogP contribution in [0.25, 0.3) is 0 Å². The quantitative estimate of drug-likeness (QED) is 0.192. The van der Waals surface area contributed by atoms with E-state index in [1.165, 1.54) is 0 Å². The molecule has 210 valence electrons. The Kier molecular flexibility index (Phi) is 12.1. The fourth-order valence-electron chi connectivity index (χ4n) is 3.89. The van der Waals surface area contributed by atoms with Crippen LogP contribution in [0.1, 0.15) is 37.8 Å². The number of carboxylic acids is 2. The smallest absolute Gasteiger partial charge is 0.326 e. The highest BCUT2D eigenvalue weighted by atomic mass is 16.4. The highest BCUT2D eigenvalue weighted by Crippen LogP contribution is 2.11. The van der Waals surface area contributed by atoms with Gasteiger partial charge in [0.05, 0.1) is 12.5 Å². The average Bonchev–Trinajstić information content (AvgIpc) is 2.91. The molecule has 11 heteroatoms. The molecule has 3 amide bonds. The predicted molar refractivity (Wildman–Crippen MR) is 143 cm³/mol. The van der Waals surface area contributed by atoms with Gasteiger partial charge in [0.2, 0.25) is 17.7 Å². The second kappa shape index (κ2) is 15.2. The first-order valence-electron chi connectivity index (χ1n) is 12.7. The van der Waals surface area contributed by atoms with Crippen molar-refractivity contribution in [3.8, 4) is 0 Å². The highest BCUT2D eigenvalue weighted by Gasteiger charge is 2.33. The summed E-state index contributed by atoms with van der Waals surface area (Å²) in [5, 5.41) is 26.3. The van der Waals surface area contributed by atoms with Crippen LogP contribution in [-0.4, -0.2) is 64.0 Å². The van der Waals surface area contributed by atoms with Gasteiger partial charge in [0.15, 0.2) is 0 Å². The maximum atomic E-state index is 13.2. The van der Waals surface area contributed by atoms with Crippen LogP contribution >= 0.6 is 0 Å². The topological polar surface area (TPSA) is 188 Å². The lowest BCUT2D eigenvalue weighted by Gasteiger charge is -2.27. The number of hydrogen-bond donors (Lipinski definition) is 6. The first-order chi connectivity index (χ1) is 18.5. The van der Waals surface area contributed by atoms with Gasteiger partial charge in [0, 0.05) is 6.42 Å². The monoisotopic (exact) mass is 540 g/mol. The van der Waals surface area contributed by atoms with Gasteiger partial charge in [-0.1, -0.05) is 80.9 Å². The number of rotatable bonds is 15. The van der Waals surface area contributed by atoms with Crippen LogP contribution in [0.3, 0.4) is 0 Å². The van der Waals surface area contributed by atoms with Crippen molar-refractivity contribution in [3.05, 3.63) is 71.8 Å². The summed E-state index contributed by atoms with van der Waals surface area (Å²) >= 11 is 0. The number of carbonyl (C=O) groups is 5. The molecule has 0 saturated heterocycles. The minimum absolute atomic E-state index is 0.0412. The number of aliphatic carboxylic acids is 2. The van der Waals surface area contributed by atoms with Crippen molar-refractivity contribution in [2.24, 2.45) is 11.7 Å². The maximum absolute atomic E-state index is 13.2. The number of nitrogens with two attached hydrogens (primary N) is 1. The van der Waals surface area contributed by atoms with Crippen molar-refractivity contribution >= 4 is 29.7 Å². The van der Waals surface area contributed by atoms with Crippen LogP contribution in [0, 0.1) is 5.92 Å². The molecule has 2 rings (SSSR count). The van der Waals surface area contributed by atoms with Gasteiger partial charge in [-0.3, -0.25) is 19.2 Å². The molecular weight excluding hydrogens is 504 g/mol. The van der Waals surface area contributed by atoms with Gasteiger partial charge < -0.3 is 31.9 Å². The predicted octanol–water partition coefficient (Wildman–Crippen LogP) is 0.859. The van der Waals surface area contributed by atoms with Gasteiger partial charge in [-0.2, -0.15) is 0 Å². The molecule has 0 unspecified atom stereocenters. The molecule has 5 atom stereocenters. The summed E-state index contributed by atoms with van der Waals surface area (Å²) in [7, 11) is 0. The molecule has 39 heavy (non-hydrogen) atoms. The largest absolute Gasteiger partial charge is 0.481 e. The number of nitrogens with one attached hydrogen (secondary N) is 3. The number of benzene rings is 2. The van der Waals surface area contributed by atoms with Gasteiger partial charge in [-0.25, -0.2) is 4.79 Å². The van der Waals surface area contributed by atoms with Crippen molar-refractivity contribution in [3.63, 3.8) is 0 Å². The zero-order valence-electron chi connectivity index (χ0n) is 22.0. The Hall–Kier alpha value is -4.25. The first-order valence-corrected chi connectivity index (χ1v) is 12.7. The van der Waals surface area contributed by atoms with E-state index < -0.39 is 60.2 Å². The molecule has 0 fully saturated rings. The standard InChI is InChI=1S/C28H36N4O7/c1-3-17(2)24(32-25(35)20(29)14-18-10-6-4-7-11-18)27(37)30-21(16-23(33)34)26(36)31-22(28(38)39)15-19-12-8-5-9-13-19/h4-13,17,20-22,24H,3,14-16,29H2,1-2H3,(H,30,37)(H,31,36)(H,32,35)(H,33,34)(H,38,39)/t17-,20-,21-,22-,24-/m0/s1. The average molecular weight is 541 g/mol. The Morgan fingerprint density at radius 3 is 1.74 bits per heavy atom. The van der Waals surface area contributed by atoms with E-state index in [-0.39, 0.29) is 18.8 Å². The van der Waals surface area contributed by atoms with Crippen LogP contribution < -0.4 is 21.7 Å². The molecule has 0 spiro atoms. The molecule has 7 N–H and O–H groups in total.